The molecule has 0 aliphatic heterocycles. The molecule has 0 saturated heterocycles. The lowest BCUT2D eigenvalue weighted by Crippen LogP contribution is -2.56. The normalized spacial score (nSPS) is 12.7. The van der Waals surface area contributed by atoms with E-state index in [-0.39, 0.29) is 12.5 Å². The molecule has 0 fully saturated rings. The second-order valence-electron chi connectivity index (χ2n) is 9.69. The number of sulfonamides is 1. The van der Waals surface area contributed by atoms with E-state index in [2.05, 4.69) is 5.32 Å². The van der Waals surface area contributed by atoms with Crippen molar-refractivity contribution < 1.29 is 18.0 Å². The summed E-state index contributed by atoms with van der Waals surface area (Å²) < 4.78 is 26.5. The first-order chi connectivity index (χ1) is 16.2. The number of carbonyl (C=O) groups excluding carboxylic acids is 2. The SMILES string of the molecule is CC[C@H](C(=O)NC(C)(C)C)N(CCc1ccccc1)C(=O)CN(c1cc(Cl)ccc1C)S(C)(=O)=O. The van der Waals surface area contributed by atoms with Crippen LogP contribution in [0.3, 0.4) is 0 Å². The van der Waals surface area contributed by atoms with Crippen molar-refractivity contribution in [3.05, 3.63) is 64.7 Å². The third-order valence-corrected chi connectivity index (χ3v) is 6.85. The number of nitrogens with zero attached hydrogens (tertiary/aromatic N) is 2. The number of carbonyl (C=O) groups is 2. The number of anilines is 1. The Kier molecular flexibility index (Phi) is 9.75. The fourth-order valence-corrected chi connectivity index (χ4v) is 4.86. The predicted octanol–water partition coefficient (Wildman–Crippen LogP) is 4.18. The van der Waals surface area contributed by atoms with Gasteiger partial charge in [-0.1, -0.05) is 54.9 Å². The van der Waals surface area contributed by atoms with Crippen LogP contribution in [0, 0.1) is 6.92 Å². The van der Waals surface area contributed by atoms with E-state index in [1.54, 1.807) is 19.1 Å². The molecule has 2 aromatic carbocycles. The van der Waals surface area contributed by atoms with Crippen LogP contribution in [-0.4, -0.2) is 56.1 Å². The second-order valence-corrected chi connectivity index (χ2v) is 12.0. The molecule has 7 nitrogen and oxygen atoms in total. The first-order valence-electron chi connectivity index (χ1n) is 11.6. The Hall–Kier alpha value is -2.58. The maximum atomic E-state index is 13.7. The molecular weight excluding hydrogens is 486 g/mol. The molecule has 0 radical (unpaired) electrons. The van der Waals surface area contributed by atoms with Gasteiger partial charge in [0.05, 0.1) is 11.9 Å². The lowest BCUT2D eigenvalue weighted by molar-refractivity contribution is -0.140. The topological polar surface area (TPSA) is 86.8 Å². The molecule has 0 heterocycles. The molecule has 192 valence electrons. The molecule has 35 heavy (non-hydrogen) atoms. The summed E-state index contributed by atoms with van der Waals surface area (Å²) >= 11 is 6.13. The van der Waals surface area contributed by atoms with Gasteiger partial charge in [0.15, 0.2) is 0 Å². The van der Waals surface area contributed by atoms with Gasteiger partial charge in [0.1, 0.15) is 12.6 Å². The standard InChI is InChI=1S/C26H36ClN3O4S/c1-7-22(25(32)28-26(3,4)5)29(16-15-20-11-9-8-10-12-20)24(31)18-30(35(6,33)34)23-17-21(27)14-13-19(23)2/h8-14,17,22H,7,15-16,18H2,1-6H3,(H,28,32)/t22-/m1/s1. The smallest absolute Gasteiger partial charge is 0.244 e. The molecule has 0 aliphatic rings. The molecule has 2 amide bonds. The minimum atomic E-state index is -3.81. The van der Waals surface area contributed by atoms with E-state index in [4.69, 9.17) is 11.6 Å². The summed E-state index contributed by atoms with van der Waals surface area (Å²) in [5, 5.41) is 3.32. The van der Waals surface area contributed by atoms with Crippen LogP contribution in [0.1, 0.15) is 45.2 Å². The van der Waals surface area contributed by atoms with Crippen molar-refractivity contribution in [1.29, 1.82) is 0 Å². The van der Waals surface area contributed by atoms with Crippen LogP contribution >= 0.6 is 11.6 Å². The number of hydrogen-bond acceptors (Lipinski definition) is 4. The van der Waals surface area contributed by atoms with E-state index in [9.17, 15) is 18.0 Å². The molecule has 2 rings (SSSR count). The summed E-state index contributed by atoms with van der Waals surface area (Å²) in [7, 11) is -3.81. The highest BCUT2D eigenvalue weighted by Crippen LogP contribution is 2.26. The van der Waals surface area contributed by atoms with Gasteiger partial charge in [-0.3, -0.25) is 13.9 Å². The third kappa shape index (κ3) is 8.54. The quantitative estimate of drug-likeness (QED) is 0.508. The van der Waals surface area contributed by atoms with Gasteiger partial charge in [0.2, 0.25) is 21.8 Å². The van der Waals surface area contributed by atoms with Crippen LogP contribution in [0.15, 0.2) is 48.5 Å². The van der Waals surface area contributed by atoms with Crippen LogP contribution in [0.4, 0.5) is 5.69 Å². The fraction of sp³-hybridized carbons (Fsp3) is 0.462. The van der Waals surface area contributed by atoms with Gasteiger partial charge in [0.25, 0.3) is 0 Å². The molecule has 1 atom stereocenters. The summed E-state index contributed by atoms with van der Waals surface area (Å²) in [6.45, 7) is 9.06. The summed E-state index contributed by atoms with van der Waals surface area (Å²) in [6, 6.07) is 13.8. The predicted molar refractivity (Wildman–Crippen MR) is 142 cm³/mol. The van der Waals surface area contributed by atoms with Crippen molar-refractivity contribution in [3.8, 4) is 0 Å². The molecule has 0 saturated carbocycles. The molecule has 0 unspecified atom stereocenters. The summed E-state index contributed by atoms with van der Waals surface area (Å²) in [5.74, 6) is -0.729. The second kappa shape index (κ2) is 11.9. The van der Waals surface area contributed by atoms with Crippen LogP contribution in [-0.2, 0) is 26.0 Å². The lowest BCUT2D eigenvalue weighted by atomic mass is 10.1. The zero-order valence-corrected chi connectivity index (χ0v) is 22.9. The molecular formula is C26H36ClN3O4S. The molecule has 0 aromatic heterocycles. The Morgan fingerprint density at radius 1 is 1.09 bits per heavy atom. The fourth-order valence-electron chi connectivity index (χ4n) is 3.79. The van der Waals surface area contributed by atoms with Gasteiger partial charge in [-0.2, -0.15) is 0 Å². The maximum Gasteiger partial charge on any atom is 0.244 e. The summed E-state index contributed by atoms with van der Waals surface area (Å²) in [4.78, 5) is 28.3. The molecule has 0 spiro atoms. The third-order valence-electron chi connectivity index (χ3n) is 5.49. The molecule has 9 heteroatoms. The molecule has 0 bridgehead atoms. The Morgan fingerprint density at radius 2 is 1.71 bits per heavy atom. The average Bonchev–Trinajstić information content (AvgIpc) is 2.75. The highest BCUT2D eigenvalue weighted by atomic mass is 35.5. The van der Waals surface area contributed by atoms with Crippen LogP contribution in [0.25, 0.3) is 0 Å². The van der Waals surface area contributed by atoms with Crippen molar-refractivity contribution in [3.63, 3.8) is 0 Å². The number of nitrogens with one attached hydrogen (secondary N) is 1. The molecule has 1 N–H and O–H groups in total. The van der Waals surface area contributed by atoms with Crippen molar-refractivity contribution in [2.75, 3.05) is 23.7 Å². The first kappa shape index (κ1) is 28.7. The van der Waals surface area contributed by atoms with E-state index in [0.717, 1.165) is 16.1 Å². The number of benzene rings is 2. The van der Waals surface area contributed by atoms with Crippen LogP contribution in [0.5, 0.6) is 0 Å². The minimum absolute atomic E-state index is 0.269. The number of halogens is 1. The maximum absolute atomic E-state index is 13.7. The summed E-state index contributed by atoms with van der Waals surface area (Å²) in [6.07, 6.45) is 1.97. The highest BCUT2D eigenvalue weighted by Gasteiger charge is 2.33. The van der Waals surface area contributed by atoms with Crippen molar-refractivity contribution in [2.24, 2.45) is 0 Å². The van der Waals surface area contributed by atoms with E-state index in [1.807, 2.05) is 58.0 Å². The van der Waals surface area contributed by atoms with Gasteiger partial charge >= 0.3 is 0 Å². The first-order valence-corrected chi connectivity index (χ1v) is 13.8. The van der Waals surface area contributed by atoms with Gasteiger partial charge in [-0.05, 0) is 63.8 Å². The van der Waals surface area contributed by atoms with Gasteiger partial charge in [0, 0.05) is 17.1 Å². The Balaban J connectivity index is 2.42. The van der Waals surface area contributed by atoms with Gasteiger partial charge in [-0.15, -0.1) is 0 Å². The number of amides is 2. The minimum Gasteiger partial charge on any atom is -0.350 e. The zero-order valence-electron chi connectivity index (χ0n) is 21.3. The monoisotopic (exact) mass is 521 g/mol. The largest absolute Gasteiger partial charge is 0.350 e. The van der Waals surface area contributed by atoms with E-state index < -0.39 is 34.1 Å². The van der Waals surface area contributed by atoms with Crippen LogP contribution in [0.2, 0.25) is 5.02 Å². The van der Waals surface area contributed by atoms with Crippen LogP contribution < -0.4 is 9.62 Å². The number of rotatable bonds is 10. The Bertz CT molecular complexity index is 1130. The van der Waals surface area contributed by atoms with E-state index >= 15 is 0 Å². The molecule has 0 aliphatic carbocycles. The Labute approximate surface area is 214 Å². The zero-order chi connectivity index (χ0) is 26.4. The van der Waals surface area contributed by atoms with E-state index in [0.29, 0.717) is 29.1 Å². The lowest BCUT2D eigenvalue weighted by Gasteiger charge is -2.34. The average molecular weight is 522 g/mol. The van der Waals surface area contributed by atoms with Gasteiger partial charge in [-0.25, -0.2) is 8.42 Å². The highest BCUT2D eigenvalue weighted by molar-refractivity contribution is 7.92. The van der Waals surface area contributed by atoms with Crippen molar-refractivity contribution in [1.82, 2.24) is 10.2 Å². The number of aryl methyl sites for hydroxylation is 1. The van der Waals surface area contributed by atoms with Crippen molar-refractivity contribution >= 4 is 39.1 Å². The Morgan fingerprint density at radius 3 is 2.26 bits per heavy atom. The van der Waals surface area contributed by atoms with Gasteiger partial charge < -0.3 is 10.2 Å². The van der Waals surface area contributed by atoms with Crippen molar-refractivity contribution in [2.45, 2.75) is 59.0 Å². The number of hydrogen-bond donors (Lipinski definition) is 1. The van der Waals surface area contributed by atoms with E-state index in [1.165, 1.54) is 11.0 Å². The molecule has 2 aromatic rings. The summed E-state index contributed by atoms with van der Waals surface area (Å²) in [5.41, 5.74) is 1.54.